The topological polar surface area (TPSA) is 67.4 Å². The number of carbonyl (C=O) groups is 2. The van der Waals surface area contributed by atoms with Gasteiger partial charge in [-0.05, 0) is 61.5 Å². The predicted molar refractivity (Wildman–Crippen MR) is 121 cm³/mol. The van der Waals surface area contributed by atoms with Crippen LogP contribution in [0.1, 0.15) is 22.8 Å². The van der Waals surface area contributed by atoms with Gasteiger partial charge < -0.3 is 15.4 Å². The Hall–Kier alpha value is -3.23. The molecule has 3 rings (SSSR count). The van der Waals surface area contributed by atoms with E-state index in [1.807, 2.05) is 0 Å². The number of hydrogen-bond acceptors (Lipinski definition) is 3. The number of benzene rings is 3. The highest BCUT2D eigenvalue weighted by molar-refractivity contribution is 6.35. The fraction of sp³-hybridized carbons (Fsp3) is 0.130. The van der Waals surface area contributed by atoms with E-state index >= 15 is 0 Å². The monoisotopic (exact) mass is 496 g/mol. The maximum Gasteiger partial charge on any atom is 0.418 e. The highest BCUT2D eigenvalue weighted by Crippen LogP contribution is 2.34. The van der Waals surface area contributed by atoms with Crippen molar-refractivity contribution in [2.75, 3.05) is 10.6 Å². The van der Waals surface area contributed by atoms with Crippen LogP contribution >= 0.6 is 23.2 Å². The van der Waals surface area contributed by atoms with Crippen LogP contribution in [0, 0.1) is 0 Å². The summed E-state index contributed by atoms with van der Waals surface area (Å²) in [6, 6.07) is 15.2. The van der Waals surface area contributed by atoms with Crippen LogP contribution in [0.2, 0.25) is 10.0 Å². The molecule has 0 saturated carbocycles. The first-order chi connectivity index (χ1) is 15.5. The maximum absolute atomic E-state index is 13.1. The van der Waals surface area contributed by atoms with E-state index in [9.17, 15) is 22.8 Å². The second-order valence-electron chi connectivity index (χ2n) is 6.90. The normalized spacial score (nSPS) is 12.1. The average Bonchev–Trinajstić information content (AvgIpc) is 2.76. The highest BCUT2D eigenvalue weighted by atomic mass is 35.5. The van der Waals surface area contributed by atoms with Crippen LogP contribution < -0.4 is 15.4 Å². The Balaban J connectivity index is 1.63. The van der Waals surface area contributed by atoms with Crippen LogP contribution in [-0.2, 0) is 11.0 Å². The molecule has 0 unspecified atom stereocenters. The van der Waals surface area contributed by atoms with Crippen molar-refractivity contribution in [1.82, 2.24) is 0 Å². The lowest BCUT2D eigenvalue weighted by Gasteiger charge is -2.17. The molecule has 5 nitrogen and oxygen atoms in total. The summed E-state index contributed by atoms with van der Waals surface area (Å²) < 4.78 is 44.8. The van der Waals surface area contributed by atoms with Gasteiger partial charge in [0, 0.05) is 10.6 Å². The molecular formula is C23H17Cl2F3N2O3. The zero-order chi connectivity index (χ0) is 24.2. The second kappa shape index (κ2) is 10.1. The summed E-state index contributed by atoms with van der Waals surface area (Å²) in [5.74, 6) is -0.955. The molecule has 0 bridgehead atoms. The highest BCUT2D eigenvalue weighted by Gasteiger charge is 2.34. The van der Waals surface area contributed by atoms with E-state index < -0.39 is 29.7 Å². The van der Waals surface area contributed by atoms with E-state index in [1.54, 1.807) is 12.1 Å². The molecule has 1 atom stereocenters. The van der Waals surface area contributed by atoms with Crippen molar-refractivity contribution in [3.63, 3.8) is 0 Å². The van der Waals surface area contributed by atoms with Crippen molar-refractivity contribution in [2.45, 2.75) is 19.2 Å². The molecule has 0 saturated heterocycles. The summed E-state index contributed by atoms with van der Waals surface area (Å²) in [5, 5.41) is 5.60. The minimum atomic E-state index is -4.61. The van der Waals surface area contributed by atoms with Crippen LogP contribution in [0.3, 0.4) is 0 Å². The Morgan fingerprint density at radius 2 is 1.58 bits per heavy atom. The molecule has 2 amide bonds. The third kappa shape index (κ3) is 6.40. The number of hydrogen-bond donors (Lipinski definition) is 2. The number of amides is 2. The van der Waals surface area contributed by atoms with Crippen LogP contribution in [0.5, 0.6) is 5.75 Å². The summed E-state index contributed by atoms with van der Waals surface area (Å²) in [5.41, 5.74) is -0.689. The van der Waals surface area contributed by atoms with Gasteiger partial charge in [-0.15, -0.1) is 0 Å². The fourth-order valence-corrected chi connectivity index (χ4v) is 3.14. The van der Waals surface area contributed by atoms with Crippen LogP contribution in [0.25, 0.3) is 0 Å². The minimum absolute atomic E-state index is 0.249. The molecule has 0 fully saturated rings. The van der Waals surface area contributed by atoms with Gasteiger partial charge >= 0.3 is 6.18 Å². The molecule has 0 spiro atoms. The predicted octanol–water partition coefficient (Wildman–Crippen LogP) is 6.67. The molecule has 3 aromatic carbocycles. The molecule has 0 aliphatic heterocycles. The number of anilines is 2. The minimum Gasteiger partial charge on any atom is -0.481 e. The SMILES string of the molecule is C[C@H](Oc1ccc(C(=O)Nc2cc(Cl)ccc2Cl)cc1)C(=O)Nc1ccccc1C(F)(F)F. The summed E-state index contributed by atoms with van der Waals surface area (Å²) in [6.45, 7) is 1.40. The number of rotatable bonds is 6. The van der Waals surface area contributed by atoms with Crippen LogP contribution in [0.4, 0.5) is 24.5 Å². The molecule has 33 heavy (non-hydrogen) atoms. The second-order valence-corrected chi connectivity index (χ2v) is 7.74. The van der Waals surface area contributed by atoms with Gasteiger partial charge in [0.1, 0.15) is 5.75 Å². The third-order valence-electron chi connectivity index (χ3n) is 4.47. The van der Waals surface area contributed by atoms with E-state index in [4.69, 9.17) is 27.9 Å². The number of para-hydroxylation sites is 1. The lowest BCUT2D eigenvalue weighted by Crippen LogP contribution is -2.31. The van der Waals surface area contributed by atoms with Gasteiger partial charge in [0.25, 0.3) is 11.8 Å². The van der Waals surface area contributed by atoms with Crippen LogP contribution in [0.15, 0.2) is 66.7 Å². The molecule has 2 N–H and O–H groups in total. The van der Waals surface area contributed by atoms with Gasteiger partial charge in [-0.2, -0.15) is 13.2 Å². The molecule has 0 aliphatic rings. The first kappa shape index (κ1) is 24.4. The number of ether oxygens (including phenoxy) is 1. The van der Waals surface area contributed by atoms with Crippen molar-refractivity contribution in [3.05, 3.63) is 87.9 Å². The molecule has 10 heteroatoms. The van der Waals surface area contributed by atoms with E-state index in [0.29, 0.717) is 15.7 Å². The number of halogens is 5. The van der Waals surface area contributed by atoms with Gasteiger partial charge in [-0.25, -0.2) is 0 Å². The zero-order valence-corrected chi connectivity index (χ0v) is 18.6. The van der Waals surface area contributed by atoms with Crippen LogP contribution in [-0.4, -0.2) is 17.9 Å². The van der Waals surface area contributed by atoms with Crippen molar-refractivity contribution >= 4 is 46.4 Å². The van der Waals surface area contributed by atoms with Crippen molar-refractivity contribution in [2.24, 2.45) is 0 Å². The molecule has 0 radical (unpaired) electrons. The Morgan fingerprint density at radius 3 is 2.24 bits per heavy atom. The number of alkyl halides is 3. The lowest BCUT2D eigenvalue weighted by atomic mass is 10.1. The lowest BCUT2D eigenvalue weighted by molar-refractivity contribution is -0.137. The fourth-order valence-electron chi connectivity index (χ4n) is 2.80. The Morgan fingerprint density at radius 1 is 0.909 bits per heavy atom. The number of nitrogens with one attached hydrogen (secondary N) is 2. The Labute approximate surface area is 197 Å². The van der Waals surface area contributed by atoms with Gasteiger partial charge in [0.05, 0.1) is 22.0 Å². The smallest absolute Gasteiger partial charge is 0.418 e. The summed E-state index contributed by atoms with van der Waals surface area (Å²) in [4.78, 5) is 24.8. The van der Waals surface area contributed by atoms with Gasteiger partial charge in [0.15, 0.2) is 6.10 Å². The van der Waals surface area contributed by atoms with Gasteiger partial charge in [-0.1, -0.05) is 35.3 Å². The van der Waals surface area contributed by atoms with Crippen molar-refractivity contribution in [3.8, 4) is 5.75 Å². The molecule has 172 valence electrons. The van der Waals surface area contributed by atoms with E-state index in [1.165, 1.54) is 49.4 Å². The standard InChI is InChI=1S/C23H17Cl2F3N2O3/c1-13(21(31)29-19-5-3-2-4-17(19)23(26,27)28)33-16-9-6-14(7-10-16)22(32)30-20-12-15(24)8-11-18(20)25/h2-13H,1H3,(H,29,31)(H,30,32)/t13-/m0/s1. The Kier molecular flexibility index (Phi) is 7.50. The van der Waals surface area contributed by atoms with Crippen molar-refractivity contribution < 1.29 is 27.5 Å². The van der Waals surface area contributed by atoms with E-state index in [-0.39, 0.29) is 17.0 Å². The quantitative estimate of drug-likeness (QED) is 0.400. The first-order valence-corrected chi connectivity index (χ1v) is 10.3. The third-order valence-corrected chi connectivity index (χ3v) is 5.03. The van der Waals surface area contributed by atoms with E-state index in [0.717, 1.165) is 12.1 Å². The zero-order valence-electron chi connectivity index (χ0n) is 17.0. The Bertz CT molecular complexity index is 1170. The summed E-state index contributed by atoms with van der Waals surface area (Å²) >= 11 is 11.9. The molecule has 0 aliphatic carbocycles. The van der Waals surface area contributed by atoms with E-state index in [2.05, 4.69) is 10.6 Å². The average molecular weight is 497 g/mol. The largest absolute Gasteiger partial charge is 0.481 e. The summed E-state index contributed by atoms with van der Waals surface area (Å²) in [7, 11) is 0. The summed E-state index contributed by atoms with van der Waals surface area (Å²) in [6.07, 6.45) is -5.71. The van der Waals surface area contributed by atoms with Gasteiger partial charge in [-0.3, -0.25) is 9.59 Å². The first-order valence-electron chi connectivity index (χ1n) is 9.55. The maximum atomic E-state index is 13.1. The van der Waals surface area contributed by atoms with Gasteiger partial charge in [0.2, 0.25) is 0 Å². The molecule has 3 aromatic rings. The molecule has 0 aromatic heterocycles. The molecule has 0 heterocycles. The number of carbonyl (C=O) groups excluding carboxylic acids is 2. The van der Waals surface area contributed by atoms with Crippen molar-refractivity contribution in [1.29, 1.82) is 0 Å². The molecular weight excluding hydrogens is 480 g/mol.